The number of piperazine rings is 1. The van der Waals surface area contributed by atoms with Crippen LogP contribution in [0.5, 0.6) is 0 Å². The quantitative estimate of drug-likeness (QED) is 0.932. The van der Waals surface area contributed by atoms with Gasteiger partial charge in [0.2, 0.25) is 0 Å². The summed E-state index contributed by atoms with van der Waals surface area (Å²) < 4.78 is 1.05. The van der Waals surface area contributed by atoms with Crippen LogP contribution < -0.4 is 0 Å². The van der Waals surface area contributed by atoms with Gasteiger partial charge in [0.15, 0.2) is 0 Å². The molecule has 1 N–H and O–H groups in total. The van der Waals surface area contributed by atoms with Crippen molar-refractivity contribution in [2.24, 2.45) is 0 Å². The van der Waals surface area contributed by atoms with Crippen LogP contribution in [0, 0.1) is 0 Å². The monoisotopic (exact) mass is 305 g/mol. The molecule has 1 aromatic heterocycles. The van der Waals surface area contributed by atoms with Crippen molar-refractivity contribution in [3.8, 4) is 0 Å². The number of carbonyl (C=O) groups excluding carboxylic acids is 1. The number of thiazole rings is 1. The van der Waals surface area contributed by atoms with E-state index in [1.807, 2.05) is 23.1 Å². The number of carbonyl (C=O) groups is 1. The molecule has 1 saturated heterocycles. The Kier molecular flexibility index (Phi) is 4.19. The zero-order chi connectivity index (χ0) is 14.8. The largest absolute Gasteiger partial charge is 0.392 e. The van der Waals surface area contributed by atoms with E-state index >= 15 is 0 Å². The van der Waals surface area contributed by atoms with E-state index in [2.05, 4.69) is 9.88 Å². The van der Waals surface area contributed by atoms with E-state index in [1.54, 1.807) is 23.8 Å². The van der Waals surface area contributed by atoms with E-state index in [0.29, 0.717) is 19.6 Å². The minimum absolute atomic E-state index is 0.0852. The van der Waals surface area contributed by atoms with Crippen LogP contribution in [-0.2, 0) is 0 Å². The summed E-state index contributed by atoms with van der Waals surface area (Å²) in [5.74, 6) is 0.0852. The molecule has 1 aliphatic rings. The Hall–Kier alpha value is -1.50. The number of aromatic nitrogens is 1. The maximum absolute atomic E-state index is 12.5. The molecule has 0 aliphatic carbocycles. The van der Waals surface area contributed by atoms with Gasteiger partial charge in [0.1, 0.15) is 0 Å². The lowest BCUT2D eigenvalue weighted by Crippen LogP contribution is -2.50. The Bertz CT molecular complexity index is 633. The van der Waals surface area contributed by atoms with Crippen LogP contribution in [0.4, 0.5) is 0 Å². The number of benzene rings is 1. The van der Waals surface area contributed by atoms with Gasteiger partial charge in [-0.1, -0.05) is 0 Å². The average molecular weight is 305 g/mol. The minimum Gasteiger partial charge on any atom is -0.392 e. The third-order valence-electron chi connectivity index (χ3n) is 3.76. The highest BCUT2D eigenvalue weighted by atomic mass is 32.1. The molecule has 2 heterocycles. The molecular formula is C15H19N3O2S. The van der Waals surface area contributed by atoms with Gasteiger partial charge < -0.3 is 10.0 Å². The predicted octanol–water partition coefficient (Wildman–Crippen LogP) is 1.43. The second-order valence-electron chi connectivity index (χ2n) is 5.48. The Morgan fingerprint density at radius 3 is 2.86 bits per heavy atom. The summed E-state index contributed by atoms with van der Waals surface area (Å²) in [7, 11) is 0. The van der Waals surface area contributed by atoms with Gasteiger partial charge in [-0.15, -0.1) is 11.3 Å². The number of nitrogens with zero attached hydrogens (tertiary/aromatic N) is 3. The van der Waals surface area contributed by atoms with Gasteiger partial charge >= 0.3 is 0 Å². The normalized spacial score (nSPS) is 18.1. The SMILES string of the molecule is CC(O)CN1CCN(C(=O)c2ccc3ncsc3c2)CC1. The molecule has 2 aromatic rings. The highest BCUT2D eigenvalue weighted by Crippen LogP contribution is 2.20. The van der Waals surface area contributed by atoms with Gasteiger partial charge in [0, 0.05) is 38.3 Å². The molecule has 1 aromatic carbocycles. The number of rotatable bonds is 3. The van der Waals surface area contributed by atoms with Gasteiger partial charge in [-0.2, -0.15) is 0 Å². The van der Waals surface area contributed by atoms with Crippen LogP contribution in [-0.4, -0.2) is 64.6 Å². The van der Waals surface area contributed by atoms with Gasteiger partial charge in [-0.05, 0) is 25.1 Å². The smallest absolute Gasteiger partial charge is 0.253 e. The van der Waals surface area contributed by atoms with Gasteiger partial charge in [0.05, 0.1) is 21.8 Å². The van der Waals surface area contributed by atoms with Gasteiger partial charge in [-0.3, -0.25) is 9.69 Å². The van der Waals surface area contributed by atoms with Crippen molar-refractivity contribution in [2.45, 2.75) is 13.0 Å². The van der Waals surface area contributed by atoms with Crippen LogP contribution in [0.1, 0.15) is 17.3 Å². The maximum Gasteiger partial charge on any atom is 0.253 e. The molecule has 0 saturated carbocycles. The van der Waals surface area contributed by atoms with E-state index in [1.165, 1.54) is 0 Å². The van der Waals surface area contributed by atoms with Crippen LogP contribution in [0.3, 0.4) is 0 Å². The number of hydrogen-bond donors (Lipinski definition) is 1. The second kappa shape index (κ2) is 6.09. The highest BCUT2D eigenvalue weighted by Gasteiger charge is 2.22. The molecule has 6 heteroatoms. The number of aliphatic hydroxyl groups excluding tert-OH is 1. The van der Waals surface area contributed by atoms with Crippen molar-refractivity contribution in [2.75, 3.05) is 32.7 Å². The van der Waals surface area contributed by atoms with Crippen LogP contribution in [0.25, 0.3) is 10.2 Å². The lowest BCUT2D eigenvalue weighted by molar-refractivity contribution is 0.0554. The third kappa shape index (κ3) is 3.23. The Morgan fingerprint density at radius 1 is 1.38 bits per heavy atom. The molecule has 1 amide bonds. The first kappa shape index (κ1) is 14.4. The van der Waals surface area contributed by atoms with Crippen molar-refractivity contribution in [1.29, 1.82) is 0 Å². The Balaban J connectivity index is 1.66. The van der Waals surface area contributed by atoms with Crippen LogP contribution in [0.15, 0.2) is 23.7 Å². The van der Waals surface area contributed by atoms with Crippen molar-refractivity contribution in [1.82, 2.24) is 14.8 Å². The fourth-order valence-electron chi connectivity index (χ4n) is 2.68. The third-order valence-corrected chi connectivity index (χ3v) is 4.55. The van der Waals surface area contributed by atoms with Crippen molar-refractivity contribution in [3.63, 3.8) is 0 Å². The molecule has 0 spiro atoms. The lowest BCUT2D eigenvalue weighted by atomic mass is 10.1. The first-order valence-electron chi connectivity index (χ1n) is 7.16. The number of aliphatic hydroxyl groups is 1. The lowest BCUT2D eigenvalue weighted by Gasteiger charge is -2.35. The van der Waals surface area contributed by atoms with Gasteiger partial charge in [-0.25, -0.2) is 4.98 Å². The minimum atomic E-state index is -0.319. The van der Waals surface area contributed by atoms with Crippen LogP contribution in [0.2, 0.25) is 0 Å². The van der Waals surface area contributed by atoms with Gasteiger partial charge in [0.25, 0.3) is 5.91 Å². The van der Waals surface area contributed by atoms with Crippen molar-refractivity contribution in [3.05, 3.63) is 29.3 Å². The number of amides is 1. The fourth-order valence-corrected chi connectivity index (χ4v) is 3.39. The molecule has 112 valence electrons. The number of fused-ring (bicyclic) bond motifs is 1. The summed E-state index contributed by atoms with van der Waals surface area (Å²) in [4.78, 5) is 20.9. The van der Waals surface area contributed by atoms with Crippen LogP contribution >= 0.6 is 11.3 Å². The first-order valence-corrected chi connectivity index (χ1v) is 8.04. The summed E-state index contributed by atoms with van der Waals surface area (Å²) in [6.45, 7) is 5.54. The summed E-state index contributed by atoms with van der Waals surface area (Å²) in [6, 6.07) is 5.69. The molecule has 21 heavy (non-hydrogen) atoms. The zero-order valence-electron chi connectivity index (χ0n) is 12.0. The molecule has 1 unspecified atom stereocenters. The highest BCUT2D eigenvalue weighted by molar-refractivity contribution is 7.16. The van der Waals surface area contributed by atoms with E-state index in [9.17, 15) is 9.90 Å². The molecule has 0 radical (unpaired) electrons. The fraction of sp³-hybridized carbons (Fsp3) is 0.467. The molecule has 0 bridgehead atoms. The number of hydrogen-bond acceptors (Lipinski definition) is 5. The summed E-state index contributed by atoms with van der Waals surface area (Å²) in [6.07, 6.45) is -0.319. The Labute approximate surface area is 127 Å². The summed E-state index contributed by atoms with van der Waals surface area (Å²) >= 11 is 1.55. The van der Waals surface area contributed by atoms with E-state index in [4.69, 9.17) is 0 Å². The van der Waals surface area contributed by atoms with Crippen molar-refractivity contribution >= 4 is 27.5 Å². The molecule has 3 rings (SSSR count). The summed E-state index contributed by atoms with van der Waals surface area (Å²) in [5.41, 5.74) is 3.47. The van der Waals surface area contributed by atoms with Crippen molar-refractivity contribution < 1.29 is 9.90 Å². The second-order valence-corrected chi connectivity index (χ2v) is 6.36. The topological polar surface area (TPSA) is 56.7 Å². The Morgan fingerprint density at radius 2 is 2.14 bits per heavy atom. The molecule has 1 fully saturated rings. The first-order chi connectivity index (χ1) is 10.1. The zero-order valence-corrected chi connectivity index (χ0v) is 12.8. The van der Waals surface area contributed by atoms with E-state index < -0.39 is 0 Å². The van der Waals surface area contributed by atoms with E-state index in [-0.39, 0.29) is 12.0 Å². The molecule has 1 atom stereocenters. The summed E-state index contributed by atoms with van der Waals surface area (Å²) in [5, 5.41) is 9.41. The molecule has 1 aliphatic heterocycles. The van der Waals surface area contributed by atoms with E-state index in [0.717, 1.165) is 28.9 Å². The standard InChI is InChI=1S/C15H19N3O2S/c1-11(19)9-17-4-6-18(7-5-17)15(20)12-2-3-13-14(8-12)21-10-16-13/h2-3,8,10-11,19H,4-7,9H2,1H3. The molecular weight excluding hydrogens is 286 g/mol. The average Bonchev–Trinajstić information content (AvgIpc) is 2.94. The number of β-amino-alcohol motifs (C(OH)–C–C–N with tert-alkyl or cyclic N) is 1. The maximum atomic E-state index is 12.5. The predicted molar refractivity (Wildman–Crippen MR) is 83.6 cm³/mol. The molecule has 5 nitrogen and oxygen atoms in total.